The molecule has 1 heterocycles. The minimum Gasteiger partial charge on any atom is -0.493 e. The molecule has 0 saturated heterocycles. The summed E-state index contributed by atoms with van der Waals surface area (Å²) in [6.07, 6.45) is 1.17. The van der Waals surface area contributed by atoms with Crippen LogP contribution in [0, 0.1) is 5.92 Å². The zero-order chi connectivity index (χ0) is 26.8. The molecule has 0 amide bonds. The van der Waals surface area contributed by atoms with Crippen LogP contribution in [0.5, 0.6) is 17.2 Å². The number of benzene rings is 3. The van der Waals surface area contributed by atoms with Gasteiger partial charge in [0.2, 0.25) is 0 Å². The minimum atomic E-state index is -0.350. The second kappa shape index (κ2) is 11.1. The molecule has 1 aliphatic heterocycles. The van der Waals surface area contributed by atoms with Gasteiger partial charge in [0.15, 0.2) is 17.3 Å². The van der Waals surface area contributed by atoms with E-state index in [2.05, 4.69) is 52.5 Å². The lowest BCUT2D eigenvalue weighted by atomic mass is 9.78. The van der Waals surface area contributed by atoms with Gasteiger partial charge < -0.3 is 24.8 Å². The highest BCUT2D eigenvalue weighted by atomic mass is 79.9. The summed E-state index contributed by atoms with van der Waals surface area (Å²) in [5, 5.41) is 7.24. The molecule has 6 nitrogen and oxygen atoms in total. The van der Waals surface area contributed by atoms with Crippen molar-refractivity contribution in [3.05, 3.63) is 87.5 Å². The second-order valence-electron chi connectivity index (χ2n) is 10.2. The predicted octanol–water partition coefficient (Wildman–Crippen LogP) is 7.48. The third kappa shape index (κ3) is 5.25. The topological polar surface area (TPSA) is 68.8 Å². The third-order valence-corrected chi connectivity index (χ3v) is 7.62. The van der Waals surface area contributed by atoms with E-state index in [1.165, 1.54) is 0 Å². The number of ketones is 1. The molecule has 2 unspecified atom stereocenters. The number of rotatable bonds is 7. The summed E-state index contributed by atoms with van der Waals surface area (Å²) in [4.78, 5) is 13.9. The van der Waals surface area contributed by atoms with Gasteiger partial charge >= 0.3 is 0 Å². The maximum Gasteiger partial charge on any atom is 0.174 e. The molecule has 2 atom stereocenters. The summed E-state index contributed by atoms with van der Waals surface area (Å²) in [5.41, 5.74) is 5.65. The van der Waals surface area contributed by atoms with Gasteiger partial charge in [-0.05, 0) is 81.7 Å². The standard InChI is InChI=1S/C31H33BrN2O4/c1-18(2)17-38-22-11-9-19(10-12-22)20-14-26-29(27(35)15-20)30(34-25-8-6-5-7-24(25)33-26)21-13-23(32)31(37-4)28(16-21)36-3/h5-13,16,18,20,30,33-34H,14-15,17H2,1-4H3. The molecular formula is C31H33BrN2O4. The fourth-order valence-electron chi connectivity index (χ4n) is 5.18. The number of fused-ring (bicyclic) bond motifs is 1. The van der Waals surface area contributed by atoms with Gasteiger partial charge in [0.05, 0.1) is 42.7 Å². The van der Waals surface area contributed by atoms with Crippen molar-refractivity contribution >= 4 is 33.1 Å². The van der Waals surface area contributed by atoms with Gasteiger partial charge in [-0.1, -0.05) is 38.1 Å². The number of halogens is 1. The lowest BCUT2D eigenvalue weighted by Gasteiger charge is -2.30. The van der Waals surface area contributed by atoms with E-state index in [0.29, 0.717) is 30.4 Å². The van der Waals surface area contributed by atoms with Gasteiger partial charge in [0.25, 0.3) is 0 Å². The average molecular weight is 578 g/mol. The van der Waals surface area contributed by atoms with Crippen LogP contribution >= 0.6 is 15.9 Å². The van der Waals surface area contributed by atoms with Crippen molar-refractivity contribution in [3.63, 3.8) is 0 Å². The molecule has 198 valence electrons. The van der Waals surface area contributed by atoms with Gasteiger partial charge in [-0.2, -0.15) is 0 Å². The number of ether oxygens (including phenoxy) is 3. The Bertz CT molecular complexity index is 1370. The molecule has 3 aromatic carbocycles. The number of hydrogen-bond acceptors (Lipinski definition) is 6. The van der Waals surface area contributed by atoms with Gasteiger partial charge in [0, 0.05) is 17.7 Å². The van der Waals surface area contributed by atoms with Crippen molar-refractivity contribution in [1.29, 1.82) is 0 Å². The first-order valence-corrected chi connectivity index (χ1v) is 13.7. The number of nitrogens with one attached hydrogen (secondary N) is 2. The minimum absolute atomic E-state index is 0.0796. The number of anilines is 2. The average Bonchev–Trinajstić information content (AvgIpc) is 3.08. The van der Waals surface area contributed by atoms with E-state index >= 15 is 0 Å². The first kappa shape index (κ1) is 26.2. The third-order valence-electron chi connectivity index (χ3n) is 7.03. The van der Waals surface area contributed by atoms with Crippen LogP contribution in [0.25, 0.3) is 0 Å². The van der Waals surface area contributed by atoms with Crippen LogP contribution in [0.3, 0.4) is 0 Å². The molecule has 0 fully saturated rings. The Kier molecular flexibility index (Phi) is 7.65. The monoisotopic (exact) mass is 576 g/mol. The van der Waals surface area contributed by atoms with E-state index < -0.39 is 0 Å². The molecule has 3 aromatic rings. The molecule has 2 N–H and O–H groups in total. The van der Waals surface area contributed by atoms with E-state index in [-0.39, 0.29) is 17.7 Å². The van der Waals surface area contributed by atoms with Gasteiger partial charge in [-0.25, -0.2) is 0 Å². The first-order valence-electron chi connectivity index (χ1n) is 12.9. The Morgan fingerprint density at radius 3 is 2.37 bits per heavy atom. The van der Waals surface area contributed by atoms with Crippen LogP contribution in [-0.2, 0) is 4.79 Å². The van der Waals surface area contributed by atoms with Crippen molar-refractivity contribution in [2.45, 2.75) is 38.6 Å². The number of carbonyl (C=O) groups is 1. The van der Waals surface area contributed by atoms with Crippen LogP contribution in [0.4, 0.5) is 11.4 Å². The van der Waals surface area contributed by atoms with Crippen LogP contribution in [0.1, 0.15) is 49.8 Å². The molecule has 0 bridgehead atoms. The molecule has 2 aliphatic rings. The highest BCUT2D eigenvalue weighted by Crippen LogP contribution is 2.46. The van der Waals surface area contributed by atoms with Crippen molar-refractivity contribution in [2.75, 3.05) is 31.5 Å². The number of methoxy groups -OCH3 is 2. The van der Waals surface area contributed by atoms with Crippen molar-refractivity contribution in [2.24, 2.45) is 5.92 Å². The Hall–Kier alpha value is -3.45. The van der Waals surface area contributed by atoms with E-state index in [1.807, 2.05) is 48.5 Å². The van der Waals surface area contributed by atoms with Crippen molar-refractivity contribution in [1.82, 2.24) is 0 Å². The van der Waals surface area contributed by atoms with E-state index in [4.69, 9.17) is 14.2 Å². The summed E-state index contributed by atoms with van der Waals surface area (Å²) in [6, 6.07) is 19.8. The van der Waals surface area contributed by atoms with E-state index in [0.717, 1.165) is 50.4 Å². The van der Waals surface area contributed by atoms with E-state index in [9.17, 15) is 4.79 Å². The fourth-order valence-corrected chi connectivity index (χ4v) is 5.80. The van der Waals surface area contributed by atoms with Crippen molar-refractivity contribution in [3.8, 4) is 17.2 Å². The molecular weight excluding hydrogens is 544 g/mol. The molecule has 0 saturated carbocycles. The van der Waals surface area contributed by atoms with Gasteiger partial charge in [0.1, 0.15) is 5.75 Å². The van der Waals surface area contributed by atoms with Crippen LogP contribution in [0.15, 0.2) is 76.4 Å². The fraction of sp³-hybridized carbons (Fsp3) is 0.323. The highest BCUT2D eigenvalue weighted by Gasteiger charge is 2.36. The molecule has 0 radical (unpaired) electrons. The first-order chi connectivity index (χ1) is 18.4. The molecule has 5 rings (SSSR count). The molecule has 7 heteroatoms. The number of hydrogen-bond donors (Lipinski definition) is 2. The number of Topliss-reactive ketones (excluding diaryl/α,β-unsaturated/α-hetero) is 1. The lowest BCUT2D eigenvalue weighted by Crippen LogP contribution is -2.27. The summed E-state index contributed by atoms with van der Waals surface area (Å²) in [5.74, 6) is 2.75. The SMILES string of the molecule is COc1cc(C2Nc3ccccc3NC3=C2C(=O)CC(c2ccc(OCC(C)C)cc2)C3)cc(Br)c1OC. The van der Waals surface area contributed by atoms with Crippen LogP contribution in [-0.4, -0.2) is 26.6 Å². The van der Waals surface area contributed by atoms with Crippen molar-refractivity contribution < 1.29 is 19.0 Å². The zero-order valence-electron chi connectivity index (χ0n) is 22.1. The van der Waals surface area contributed by atoms with Gasteiger partial charge in [-0.3, -0.25) is 4.79 Å². The largest absolute Gasteiger partial charge is 0.493 e. The van der Waals surface area contributed by atoms with Crippen LogP contribution < -0.4 is 24.8 Å². The Balaban J connectivity index is 1.53. The highest BCUT2D eigenvalue weighted by molar-refractivity contribution is 9.10. The molecule has 0 aromatic heterocycles. The number of para-hydroxylation sites is 2. The smallest absolute Gasteiger partial charge is 0.174 e. The Morgan fingerprint density at radius 2 is 1.68 bits per heavy atom. The normalized spacial score (nSPS) is 18.6. The summed E-state index contributed by atoms with van der Waals surface area (Å²) in [7, 11) is 3.23. The maximum atomic E-state index is 13.9. The Labute approximate surface area is 232 Å². The summed E-state index contributed by atoms with van der Waals surface area (Å²) < 4.78 is 17.8. The zero-order valence-corrected chi connectivity index (χ0v) is 23.7. The molecule has 0 spiro atoms. The number of allylic oxidation sites excluding steroid dienone is 1. The number of carbonyl (C=O) groups excluding carboxylic acids is 1. The summed E-state index contributed by atoms with van der Waals surface area (Å²) in [6.45, 7) is 4.95. The molecule has 1 aliphatic carbocycles. The van der Waals surface area contributed by atoms with Gasteiger partial charge in [-0.15, -0.1) is 0 Å². The quantitative estimate of drug-likeness (QED) is 0.304. The molecule has 38 heavy (non-hydrogen) atoms. The Morgan fingerprint density at radius 1 is 0.947 bits per heavy atom. The van der Waals surface area contributed by atoms with E-state index in [1.54, 1.807) is 14.2 Å². The maximum absolute atomic E-state index is 13.9. The van der Waals surface area contributed by atoms with Crippen LogP contribution in [0.2, 0.25) is 0 Å². The summed E-state index contributed by atoms with van der Waals surface area (Å²) >= 11 is 3.63. The lowest BCUT2D eigenvalue weighted by molar-refractivity contribution is -0.116. The second-order valence-corrected chi connectivity index (χ2v) is 11.0. The predicted molar refractivity (Wildman–Crippen MR) is 154 cm³/mol.